The van der Waals surface area contributed by atoms with E-state index in [9.17, 15) is 17.6 Å². The first-order chi connectivity index (χ1) is 14.3. The number of nitrogens with zero attached hydrogens (tertiary/aromatic N) is 1. The van der Waals surface area contributed by atoms with Crippen LogP contribution in [0.15, 0.2) is 66.7 Å². The second kappa shape index (κ2) is 9.13. The van der Waals surface area contributed by atoms with Crippen molar-refractivity contribution in [2.45, 2.75) is 13.0 Å². The molecular weight excluding hydrogens is 407 g/mol. The van der Waals surface area contributed by atoms with Gasteiger partial charge in [-0.25, -0.2) is 12.8 Å². The second-order valence-electron chi connectivity index (χ2n) is 6.83. The van der Waals surface area contributed by atoms with Crippen LogP contribution >= 0.6 is 0 Å². The van der Waals surface area contributed by atoms with Crippen molar-refractivity contribution in [3.05, 3.63) is 72.5 Å². The van der Waals surface area contributed by atoms with Gasteiger partial charge in [0.25, 0.3) is 0 Å². The summed E-state index contributed by atoms with van der Waals surface area (Å²) in [6.45, 7) is 1.78. The summed E-state index contributed by atoms with van der Waals surface area (Å²) in [6, 6.07) is 17.9. The van der Waals surface area contributed by atoms with E-state index in [1.807, 2.05) is 42.5 Å². The van der Waals surface area contributed by atoms with Crippen LogP contribution in [0.25, 0.3) is 10.8 Å². The lowest BCUT2D eigenvalue weighted by Gasteiger charge is -2.28. The van der Waals surface area contributed by atoms with Crippen LogP contribution in [0.2, 0.25) is 0 Å². The van der Waals surface area contributed by atoms with Gasteiger partial charge in [-0.2, -0.15) is 0 Å². The first-order valence-corrected chi connectivity index (χ1v) is 11.3. The third kappa shape index (κ3) is 5.07. The van der Waals surface area contributed by atoms with Gasteiger partial charge >= 0.3 is 0 Å². The zero-order valence-corrected chi connectivity index (χ0v) is 17.5. The molecule has 0 radical (unpaired) electrons. The number of halogens is 1. The lowest BCUT2D eigenvalue weighted by molar-refractivity contribution is -0.121. The summed E-state index contributed by atoms with van der Waals surface area (Å²) >= 11 is 0. The van der Waals surface area contributed by atoms with Crippen LogP contribution in [-0.2, 0) is 14.8 Å². The van der Waals surface area contributed by atoms with Crippen molar-refractivity contribution in [3.63, 3.8) is 0 Å². The van der Waals surface area contributed by atoms with Crippen LogP contribution in [0.3, 0.4) is 0 Å². The second-order valence-corrected chi connectivity index (χ2v) is 8.69. The van der Waals surface area contributed by atoms with Crippen molar-refractivity contribution < 1.29 is 22.3 Å². The lowest BCUT2D eigenvalue weighted by atomic mass is 10.1. The van der Waals surface area contributed by atoms with Gasteiger partial charge in [-0.3, -0.25) is 9.10 Å². The van der Waals surface area contributed by atoms with E-state index in [2.05, 4.69) is 5.32 Å². The fraction of sp³-hybridized carbons (Fsp3) is 0.227. The highest BCUT2D eigenvalue weighted by molar-refractivity contribution is 7.92. The van der Waals surface area contributed by atoms with E-state index >= 15 is 0 Å². The van der Waals surface area contributed by atoms with Gasteiger partial charge in [0.2, 0.25) is 15.9 Å². The van der Waals surface area contributed by atoms with Crippen molar-refractivity contribution in [1.29, 1.82) is 0 Å². The predicted octanol–water partition coefficient (Wildman–Crippen LogP) is 3.33. The number of hydrogen-bond donors (Lipinski definition) is 1. The predicted molar refractivity (Wildman–Crippen MR) is 116 cm³/mol. The summed E-state index contributed by atoms with van der Waals surface area (Å²) in [7, 11) is -3.88. The van der Waals surface area contributed by atoms with Gasteiger partial charge in [0.1, 0.15) is 24.2 Å². The van der Waals surface area contributed by atoms with Crippen LogP contribution in [0, 0.1) is 5.82 Å². The van der Waals surface area contributed by atoms with Gasteiger partial charge in [-0.05, 0) is 42.0 Å². The molecule has 0 saturated carbocycles. The summed E-state index contributed by atoms with van der Waals surface area (Å²) in [4.78, 5) is 12.5. The van der Waals surface area contributed by atoms with E-state index in [1.54, 1.807) is 0 Å². The molecule has 0 unspecified atom stereocenters. The average molecular weight is 431 g/mol. The van der Waals surface area contributed by atoms with Crippen molar-refractivity contribution in [1.82, 2.24) is 5.32 Å². The summed E-state index contributed by atoms with van der Waals surface area (Å²) in [5.41, 5.74) is -0.171. The minimum Gasteiger partial charge on any atom is -0.492 e. The third-order valence-electron chi connectivity index (χ3n) is 4.57. The van der Waals surface area contributed by atoms with Crippen LogP contribution in [0.1, 0.15) is 6.92 Å². The Morgan fingerprint density at radius 1 is 1.07 bits per heavy atom. The highest BCUT2D eigenvalue weighted by Gasteiger charge is 2.30. The molecule has 158 valence electrons. The molecule has 1 atom stereocenters. The topological polar surface area (TPSA) is 75.7 Å². The van der Waals surface area contributed by atoms with Crippen molar-refractivity contribution in [2.75, 3.05) is 23.7 Å². The number of nitrogens with one attached hydrogen (secondary N) is 1. The number of sulfonamides is 1. The normalized spacial score (nSPS) is 12.4. The van der Waals surface area contributed by atoms with Crippen molar-refractivity contribution >= 4 is 32.4 Å². The van der Waals surface area contributed by atoms with E-state index in [0.717, 1.165) is 27.4 Å². The number of ether oxygens (including phenoxy) is 1. The zero-order chi connectivity index (χ0) is 21.7. The monoisotopic (exact) mass is 430 g/mol. The molecule has 0 bridgehead atoms. The molecule has 3 aromatic carbocycles. The van der Waals surface area contributed by atoms with Crippen LogP contribution in [0.4, 0.5) is 10.1 Å². The van der Waals surface area contributed by atoms with Gasteiger partial charge in [0.05, 0.1) is 18.5 Å². The number of carbonyl (C=O) groups excluding carboxylic acids is 1. The van der Waals surface area contributed by atoms with E-state index in [1.165, 1.54) is 25.1 Å². The average Bonchev–Trinajstić information content (AvgIpc) is 2.71. The molecule has 0 spiro atoms. The fourth-order valence-corrected chi connectivity index (χ4v) is 4.33. The molecule has 1 amide bonds. The molecular formula is C22H23FN2O4S. The largest absolute Gasteiger partial charge is 0.492 e. The molecule has 6 nitrogen and oxygen atoms in total. The minimum atomic E-state index is -3.88. The molecule has 0 heterocycles. The molecule has 0 aliphatic heterocycles. The lowest BCUT2D eigenvalue weighted by Crippen LogP contribution is -2.48. The number of carbonyl (C=O) groups is 1. The first-order valence-electron chi connectivity index (χ1n) is 9.40. The van der Waals surface area contributed by atoms with Crippen LogP contribution in [0.5, 0.6) is 5.75 Å². The molecule has 3 rings (SSSR count). The Morgan fingerprint density at radius 3 is 2.43 bits per heavy atom. The van der Waals surface area contributed by atoms with Gasteiger partial charge < -0.3 is 10.1 Å². The molecule has 0 aliphatic rings. The maximum atomic E-state index is 14.1. The van der Waals surface area contributed by atoms with E-state index in [4.69, 9.17) is 4.74 Å². The Hall–Kier alpha value is -3.13. The molecule has 30 heavy (non-hydrogen) atoms. The SMILES string of the molecule is C[C@@H](C(=O)NCCOc1ccc2ccccc2c1)N(c1ccccc1F)S(C)(=O)=O. The van der Waals surface area contributed by atoms with Gasteiger partial charge in [0, 0.05) is 0 Å². The van der Waals surface area contributed by atoms with Gasteiger partial charge in [-0.1, -0.05) is 42.5 Å². The summed E-state index contributed by atoms with van der Waals surface area (Å²) in [6.07, 6.45) is 0.937. The fourth-order valence-electron chi connectivity index (χ4n) is 3.16. The van der Waals surface area contributed by atoms with E-state index in [-0.39, 0.29) is 18.8 Å². The van der Waals surface area contributed by atoms with E-state index < -0.39 is 27.8 Å². The van der Waals surface area contributed by atoms with Crippen molar-refractivity contribution in [3.8, 4) is 5.75 Å². The summed E-state index contributed by atoms with van der Waals surface area (Å²) < 4.78 is 45.0. The Labute approximate surface area is 175 Å². The number of para-hydroxylation sites is 1. The number of anilines is 1. The standard InChI is InChI=1S/C22H23FN2O4S/c1-16(25(30(2,27)28)21-10-6-5-9-20(21)23)22(26)24-13-14-29-19-12-11-17-7-3-4-8-18(17)15-19/h3-12,15-16H,13-14H2,1-2H3,(H,24,26)/t16-/m0/s1. The third-order valence-corrected chi connectivity index (χ3v) is 5.80. The highest BCUT2D eigenvalue weighted by Crippen LogP contribution is 2.24. The molecule has 3 aromatic rings. The number of benzene rings is 3. The van der Waals surface area contributed by atoms with Crippen LogP contribution in [-0.4, -0.2) is 39.8 Å². The molecule has 0 fully saturated rings. The van der Waals surface area contributed by atoms with Crippen LogP contribution < -0.4 is 14.4 Å². The maximum absolute atomic E-state index is 14.1. The number of fused-ring (bicyclic) bond motifs is 1. The molecule has 0 aliphatic carbocycles. The number of rotatable bonds is 8. The highest BCUT2D eigenvalue weighted by atomic mass is 32.2. The quantitative estimate of drug-likeness (QED) is 0.556. The summed E-state index contributed by atoms with van der Waals surface area (Å²) in [5.74, 6) is -0.604. The maximum Gasteiger partial charge on any atom is 0.243 e. The molecule has 1 N–H and O–H groups in total. The summed E-state index contributed by atoms with van der Waals surface area (Å²) in [5, 5.41) is 4.78. The Bertz CT molecular complexity index is 1150. The molecule has 8 heteroatoms. The Balaban J connectivity index is 1.60. The van der Waals surface area contributed by atoms with E-state index in [0.29, 0.717) is 5.75 Å². The van der Waals surface area contributed by atoms with Gasteiger partial charge in [-0.15, -0.1) is 0 Å². The van der Waals surface area contributed by atoms with Gasteiger partial charge in [0.15, 0.2) is 0 Å². The molecule has 0 saturated heterocycles. The molecule has 0 aromatic heterocycles. The number of amides is 1. The van der Waals surface area contributed by atoms with Crippen molar-refractivity contribution in [2.24, 2.45) is 0 Å². The zero-order valence-electron chi connectivity index (χ0n) is 16.7. The minimum absolute atomic E-state index is 0.171. The first kappa shape index (κ1) is 21.6. The Morgan fingerprint density at radius 2 is 1.73 bits per heavy atom. The smallest absolute Gasteiger partial charge is 0.243 e. The number of hydrogen-bond acceptors (Lipinski definition) is 4. The Kier molecular flexibility index (Phi) is 6.56.